The van der Waals surface area contributed by atoms with Crippen LogP contribution in [0.25, 0.3) is 0 Å². The highest BCUT2D eigenvalue weighted by atomic mass is 16.5. The second-order valence-electron chi connectivity index (χ2n) is 5.70. The molecule has 2 aliphatic rings. The molecule has 1 heteroatoms. The van der Waals surface area contributed by atoms with Crippen LogP contribution in [-0.4, -0.2) is 12.7 Å². The van der Waals surface area contributed by atoms with Crippen molar-refractivity contribution in [2.24, 2.45) is 16.7 Å². The average molecular weight is 194 g/mol. The highest BCUT2D eigenvalue weighted by Crippen LogP contribution is 2.65. The third kappa shape index (κ3) is 1.18. The maximum atomic E-state index is 5.91. The van der Waals surface area contributed by atoms with E-state index in [-0.39, 0.29) is 0 Å². The van der Waals surface area contributed by atoms with Gasteiger partial charge in [-0.25, -0.2) is 0 Å². The Bertz CT molecular complexity index is 248. The summed E-state index contributed by atoms with van der Waals surface area (Å²) in [5.41, 5.74) is 0.971. The zero-order chi connectivity index (χ0) is 10.4. The van der Waals surface area contributed by atoms with E-state index in [1.165, 1.54) is 19.3 Å². The van der Waals surface area contributed by atoms with Crippen LogP contribution in [0.1, 0.15) is 40.0 Å². The topological polar surface area (TPSA) is 9.23 Å². The summed E-state index contributed by atoms with van der Waals surface area (Å²) < 4.78 is 5.91. The molecule has 1 nitrogen and oxygen atoms in total. The predicted molar refractivity (Wildman–Crippen MR) is 59.2 cm³/mol. The molecule has 0 spiro atoms. The van der Waals surface area contributed by atoms with Gasteiger partial charge in [-0.15, -0.1) is 6.58 Å². The number of hydrogen-bond acceptors (Lipinski definition) is 1. The molecular formula is C13H22O. The number of fused-ring (bicyclic) bond motifs is 2. The minimum atomic E-state index is 0.428. The molecule has 14 heavy (non-hydrogen) atoms. The van der Waals surface area contributed by atoms with Crippen molar-refractivity contribution in [2.75, 3.05) is 6.61 Å². The van der Waals surface area contributed by atoms with E-state index in [1.807, 2.05) is 6.08 Å². The highest BCUT2D eigenvalue weighted by Gasteiger charge is 2.60. The Morgan fingerprint density at radius 2 is 2.14 bits per heavy atom. The lowest BCUT2D eigenvalue weighted by Crippen LogP contribution is -2.32. The summed E-state index contributed by atoms with van der Waals surface area (Å²) in [4.78, 5) is 0. The Hall–Kier alpha value is -0.300. The van der Waals surface area contributed by atoms with Gasteiger partial charge in [-0.3, -0.25) is 0 Å². The van der Waals surface area contributed by atoms with Crippen LogP contribution in [-0.2, 0) is 4.74 Å². The Labute approximate surface area is 87.5 Å². The summed E-state index contributed by atoms with van der Waals surface area (Å²) >= 11 is 0. The second-order valence-corrected chi connectivity index (χ2v) is 5.70. The van der Waals surface area contributed by atoms with Gasteiger partial charge in [0.1, 0.15) is 0 Å². The SMILES string of the molecule is C=CCO[C@H]1C[C@]2(C)CC[C@@]1(C)C2C. The molecule has 2 saturated carbocycles. The Morgan fingerprint density at radius 1 is 1.43 bits per heavy atom. The first kappa shape index (κ1) is 10.2. The van der Waals surface area contributed by atoms with Crippen LogP contribution in [0.2, 0.25) is 0 Å². The van der Waals surface area contributed by atoms with Crippen molar-refractivity contribution in [3.05, 3.63) is 12.7 Å². The van der Waals surface area contributed by atoms with Crippen molar-refractivity contribution in [2.45, 2.75) is 46.1 Å². The van der Waals surface area contributed by atoms with Gasteiger partial charge in [-0.2, -0.15) is 0 Å². The molecule has 0 aromatic heterocycles. The molecule has 0 aliphatic heterocycles. The van der Waals surface area contributed by atoms with Crippen molar-refractivity contribution in [3.63, 3.8) is 0 Å². The first-order valence-electron chi connectivity index (χ1n) is 5.75. The van der Waals surface area contributed by atoms with Crippen molar-refractivity contribution >= 4 is 0 Å². The minimum Gasteiger partial charge on any atom is -0.374 e. The van der Waals surface area contributed by atoms with Gasteiger partial charge in [0, 0.05) is 0 Å². The molecule has 4 atom stereocenters. The molecule has 0 aromatic carbocycles. The van der Waals surface area contributed by atoms with E-state index in [0.717, 1.165) is 5.92 Å². The zero-order valence-corrected chi connectivity index (χ0v) is 9.68. The van der Waals surface area contributed by atoms with Crippen LogP contribution in [0.3, 0.4) is 0 Å². The third-order valence-corrected chi connectivity index (χ3v) is 5.07. The van der Waals surface area contributed by atoms with E-state index in [0.29, 0.717) is 23.5 Å². The molecule has 0 aromatic rings. The summed E-state index contributed by atoms with van der Waals surface area (Å²) in [7, 11) is 0. The van der Waals surface area contributed by atoms with Crippen LogP contribution in [0.4, 0.5) is 0 Å². The van der Waals surface area contributed by atoms with Crippen molar-refractivity contribution < 1.29 is 4.74 Å². The Balaban J connectivity index is 2.13. The van der Waals surface area contributed by atoms with Gasteiger partial charge in [-0.05, 0) is 36.0 Å². The van der Waals surface area contributed by atoms with Crippen molar-refractivity contribution in [1.29, 1.82) is 0 Å². The molecule has 2 aliphatic carbocycles. The molecule has 2 bridgehead atoms. The van der Waals surface area contributed by atoms with E-state index in [4.69, 9.17) is 4.74 Å². The summed E-state index contributed by atoms with van der Waals surface area (Å²) in [5.74, 6) is 0.810. The van der Waals surface area contributed by atoms with E-state index in [9.17, 15) is 0 Å². The summed E-state index contributed by atoms with van der Waals surface area (Å²) in [6, 6.07) is 0. The fourth-order valence-corrected chi connectivity index (χ4v) is 3.59. The lowest BCUT2D eigenvalue weighted by atomic mass is 9.79. The monoisotopic (exact) mass is 194 g/mol. The van der Waals surface area contributed by atoms with Crippen LogP contribution < -0.4 is 0 Å². The number of ether oxygens (including phenoxy) is 1. The van der Waals surface area contributed by atoms with E-state index < -0.39 is 0 Å². The molecule has 0 amide bonds. The molecule has 0 saturated heterocycles. The van der Waals surface area contributed by atoms with Gasteiger partial charge in [0.2, 0.25) is 0 Å². The predicted octanol–water partition coefficient (Wildman–Crippen LogP) is 3.40. The highest BCUT2D eigenvalue weighted by molar-refractivity contribution is 5.10. The van der Waals surface area contributed by atoms with Gasteiger partial charge in [0.25, 0.3) is 0 Å². The van der Waals surface area contributed by atoms with Crippen molar-refractivity contribution in [1.82, 2.24) is 0 Å². The zero-order valence-electron chi connectivity index (χ0n) is 9.68. The maximum Gasteiger partial charge on any atom is 0.0648 e. The van der Waals surface area contributed by atoms with Gasteiger partial charge < -0.3 is 4.74 Å². The average Bonchev–Trinajstić information content (AvgIpc) is 2.49. The Kier molecular flexibility index (Phi) is 2.26. The first-order chi connectivity index (χ1) is 6.53. The van der Waals surface area contributed by atoms with Gasteiger partial charge in [0.05, 0.1) is 12.7 Å². The van der Waals surface area contributed by atoms with Crippen molar-refractivity contribution in [3.8, 4) is 0 Å². The molecule has 1 unspecified atom stereocenters. The fourth-order valence-electron chi connectivity index (χ4n) is 3.59. The normalized spacial score (nSPS) is 51.1. The molecule has 2 fully saturated rings. The fraction of sp³-hybridized carbons (Fsp3) is 0.846. The number of rotatable bonds is 3. The third-order valence-electron chi connectivity index (χ3n) is 5.07. The van der Waals surface area contributed by atoms with Crippen LogP contribution in [0.5, 0.6) is 0 Å². The van der Waals surface area contributed by atoms with E-state index >= 15 is 0 Å². The number of hydrogen-bond donors (Lipinski definition) is 0. The standard InChI is InChI=1S/C13H22O/c1-5-8-14-11-9-12(3)6-7-13(11,4)10(12)2/h5,10-11H,1,6-9H2,2-4H3/t10?,11-,12-,13-/m0/s1. The largest absolute Gasteiger partial charge is 0.374 e. The maximum absolute atomic E-state index is 5.91. The van der Waals surface area contributed by atoms with E-state index in [2.05, 4.69) is 27.4 Å². The van der Waals surface area contributed by atoms with Crippen LogP contribution >= 0.6 is 0 Å². The molecule has 0 N–H and O–H groups in total. The Morgan fingerprint density at radius 3 is 2.57 bits per heavy atom. The first-order valence-corrected chi connectivity index (χ1v) is 5.75. The van der Waals surface area contributed by atoms with Gasteiger partial charge >= 0.3 is 0 Å². The lowest BCUT2D eigenvalue weighted by Gasteiger charge is -2.33. The summed E-state index contributed by atoms with van der Waals surface area (Å²) in [6.45, 7) is 11.7. The molecule has 80 valence electrons. The van der Waals surface area contributed by atoms with Crippen LogP contribution in [0.15, 0.2) is 12.7 Å². The van der Waals surface area contributed by atoms with Crippen LogP contribution in [0, 0.1) is 16.7 Å². The van der Waals surface area contributed by atoms with Gasteiger partial charge in [-0.1, -0.05) is 26.8 Å². The molecule has 0 radical (unpaired) electrons. The molecule has 2 rings (SSSR count). The molecule has 0 heterocycles. The minimum absolute atomic E-state index is 0.428. The quantitative estimate of drug-likeness (QED) is 0.626. The summed E-state index contributed by atoms with van der Waals surface area (Å²) in [5, 5.41) is 0. The summed E-state index contributed by atoms with van der Waals surface area (Å²) in [6.07, 6.45) is 6.31. The molecular weight excluding hydrogens is 172 g/mol. The van der Waals surface area contributed by atoms with Gasteiger partial charge in [0.15, 0.2) is 0 Å². The second kappa shape index (κ2) is 3.10. The lowest BCUT2D eigenvalue weighted by molar-refractivity contribution is -0.0199. The van der Waals surface area contributed by atoms with E-state index in [1.54, 1.807) is 0 Å². The smallest absolute Gasteiger partial charge is 0.0648 e.